The standard InChI is InChI=1S/C21H25N5O3/c1-13(2)15-5-4-6-16(22-15)20(27)24-18-12-26-11-17(14-7-9-29-10-8-14)23-19(26)21(25-18)28-3/h4-6,11-14H,7-10H2,1-3H3,(H,24,27). The first-order valence-corrected chi connectivity index (χ1v) is 9.85. The Labute approximate surface area is 169 Å². The molecule has 29 heavy (non-hydrogen) atoms. The molecule has 1 amide bonds. The zero-order valence-corrected chi connectivity index (χ0v) is 16.9. The Balaban J connectivity index is 1.62. The number of fused-ring (bicyclic) bond motifs is 1. The van der Waals surface area contributed by atoms with Crippen LogP contribution in [-0.2, 0) is 4.74 Å². The molecule has 8 nitrogen and oxygen atoms in total. The minimum atomic E-state index is -0.314. The molecule has 152 valence electrons. The van der Waals surface area contributed by atoms with Crippen molar-refractivity contribution >= 4 is 17.4 Å². The average Bonchev–Trinajstić information content (AvgIpc) is 3.18. The van der Waals surface area contributed by atoms with E-state index in [0.29, 0.717) is 29.0 Å². The number of ether oxygens (including phenoxy) is 2. The average molecular weight is 395 g/mol. The number of nitrogens with one attached hydrogen (secondary N) is 1. The van der Waals surface area contributed by atoms with E-state index >= 15 is 0 Å². The van der Waals surface area contributed by atoms with Gasteiger partial charge in [0, 0.05) is 31.0 Å². The number of carbonyl (C=O) groups excluding carboxylic acids is 1. The van der Waals surface area contributed by atoms with Crippen LogP contribution < -0.4 is 10.1 Å². The second-order valence-electron chi connectivity index (χ2n) is 7.48. The van der Waals surface area contributed by atoms with E-state index in [1.807, 2.05) is 36.6 Å². The highest BCUT2D eigenvalue weighted by Crippen LogP contribution is 2.29. The number of aromatic nitrogens is 4. The fourth-order valence-corrected chi connectivity index (χ4v) is 3.46. The van der Waals surface area contributed by atoms with E-state index in [0.717, 1.165) is 37.4 Å². The molecule has 1 aliphatic heterocycles. The molecule has 0 bridgehead atoms. The van der Waals surface area contributed by atoms with Crippen LogP contribution in [-0.4, -0.2) is 45.6 Å². The number of rotatable bonds is 5. The molecule has 0 aromatic carbocycles. The molecule has 0 unspecified atom stereocenters. The summed E-state index contributed by atoms with van der Waals surface area (Å²) < 4.78 is 12.7. The molecule has 1 saturated heterocycles. The largest absolute Gasteiger partial charge is 0.478 e. The molecule has 3 aromatic rings. The van der Waals surface area contributed by atoms with Gasteiger partial charge in [0.2, 0.25) is 5.65 Å². The van der Waals surface area contributed by atoms with Crippen molar-refractivity contribution in [3.63, 3.8) is 0 Å². The van der Waals surface area contributed by atoms with Crippen LogP contribution >= 0.6 is 0 Å². The predicted octanol–water partition coefficient (Wildman–Crippen LogP) is 3.40. The third-order valence-corrected chi connectivity index (χ3v) is 5.09. The van der Waals surface area contributed by atoms with Gasteiger partial charge in [0.05, 0.1) is 19.0 Å². The van der Waals surface area contributed by atoms with E-state index in [-0.39, 0.29) is 11.8 Å². The molecule has 0 aliphatic carbocycles. The van der Waals surface area contributed by atoms with Crippen molar-refractivity contribution in [2.45, 2.75) is 38.5 Å². The van der Waals surface area contributed by atoms with Crippen LogP contribution in [0.1, 0.15) is 60.4 Å². The monoisotopic (exact) mass is 395 g/mol. The number of carbonyl (C=O) groups is 1. The lowest BCUT2D eigenvalue weighted by atomic mass is 9.97. The lowest BCUT2D eigenvalue weighted by Gasteiger charge is -2.19. The Morgan fingerprint density at radius 3 is 2.72 bits per heavy atom. The lowest BCUT2D eigenvalue weighted by molar-refractivity contribution is 0.0846. The zero-order valence-electron chi connectivity index (χ0n) is 16.9. The topological polar surface area (TPSA) is 90.6 Å². The van der Waals surface area contributed by atoms with Gasteiger partial charge < -0.3 is 14.8 Å². The maximum Gasteiger partial charge on any atom is 0.275 e. The predicted molar refractivity (Wildman–Crippen MR) is 109 cm³/mol. The Morgan fingerprint density at radius 1 is 1.21 bits per heavy atom. The van der Waals surface area contributed by atoms with Gasteiger partial charge in [-0.25, -0.2) is 9.97 Å². The van der Waals surface area contributed by atoms with Gasteiger partial charge in [-0.05, 0) is 30.9 Å². The van der Waals surface area contributed by atoms with Crippen molar-refractivity contribution in [1.29, 1.82) is 0 Å². The van der Waals surface area contributed by atoms with Crippen molar-refractivity contribution in [3.05, 3.63) is 47.7 Å². The Morgan fingerprint density at radius 2 is 2.00 bits per heavy atom. The summed E-state index contributed by atoms with van der Waals surface area (Å²) >= 11 is 0. The number of imidazole rings is 1. The van der Waals surface area contributed by atoms with Gasteiger partial charge in [-0.1, -0.05) is 19.9 Å². The quantitative estimate of drug-likeness (QED) is 0.712. The van der Waals surface area contributed by atoms with Crippen LogP contribution in [0, 0.1) is 0 Å². The molecule has 1 aliphatic rings. The number of amides is 1. The Hall–Kier alpha value is -3.00. The first-order valence-electron chi connectivity index (χ1n) is 9.85. The molecule has 1 fully saturated rings. The van der Waals surface area contributed by atoms with Gasteiger partial charge in [-0.15, -0.1) is 0 Å². The van der Waals surface area contributed by atoms with Gasteiger partial charge in [-0.3, -0.25) is 9.20 Å². The highest BCUT2D eigenvalue weighted by molar-refractivity contribution is 6.02. The summed E-state index contributed by atoms with van der Waals surface area (Å²) in [7, 11) is 1.55. The highest BCUT2D eigenvalue weighted by Gasteiger charge is 2.21. The second kappa shape index (κ2) is 8.16. The molecule has 0 spiro atoms. The molecule has 4 rings (SSSR count). The summed E-state index contributed by atoms with van der Waals surface area (Å²) in [6, 6.07) is 5.44. The first-order chi connectivity index (χ1) is 14.0. The Kier molecular flexibility index (Phi) is 5.44. The third-order valence-electron chi connectivity index (χ3n) is 5.09. The van der Waals surface area contributed by atoms with Crippen LogP contribution in [0.3, 0.4) is 0 Å². The normalized spacial score (nSPS) is 15.0. The van der Waals surface area contributed by atoms with Crippen molar-refractivity contribution < 1.29 is 14.3 Å². The van der Waals surface area contributed by atoms with Crippen LogP contribution in [0.5, 0.6) is 5.88 Å². The van der Waals surface area contributed by atoms with Gasteiger partial charge in [0.15, 0.2) is 5.82 Å². The van der Waals surface area contributed by atoms with Gasteiger partial charge in [0.1, 0.15) is 5.69 Å². The fourth-order valence-electron chi connectivity index (χ4n) is 3.46. The molecule has 3 aromatic heterocycles. The zero-order chi connectivity index (χ0) is 20.4. The third kappa shape index (κ3) is 4.07. The van der Waals surface area contributed by atoms with Crippen LogP contribution in [0.4, 0.5) is 5.82 Å². The maximum absolute atomic E-state index is 12.7. The fraction of sp³-hybridized carbons (Fsp3) is 0.429. The van der Waals surface area contributed by atoms with Crippen LogP contribution in [0.15, 0.2) is 30.6 Å². The molecular formula is C21H25N5O3. The van der Waals surface area contributed by atoms with Crippen molar-refractivity contribution in [1.82, 2.24) is 19.4 Å². The minimum Gasteiger partial charge on any atom is -0.478 e. The number of hydrogen-bond donors (Lipinski definition) is 1. The molecule has 0 atom stereocenters. The van der Waals surface area contributed by atoms with Gasteiger partial charge in [-0.2, -0.15) is 4.98 Å². The molecular weight excluding hydrogens is 370 g/mol. The molecule has 0 radical (unpaired) electrons. The maximum atomic E-state index is 12.7. The molecule has 0 saturated carbocycles. The number of methoxy groups -OCH3 is 1. The van der Waals surface area contributed by atoms with Crippen molar-refractivity contribution in [2.75, 3.05) is 25.6 Å². The second-order valence-corrected chi connectivity index (χ2v) is 7.48. The number of pyridine rings is 1. The van der Waals surface area contributed by atoms with E-state index in [1.54, 1.807) is 19.4 Å². The van der Waals surface area contributed by atoms with Crippen molar-refractivity contribution in [3.8, 4) is 5.88 Å². The van der Waals surface area contributed by atoms with Crippen molar-refractivity contribution in [2.24, 2.45) is 0 Å². The number of hydrogen-bond acceptors (Lipinski definition) is 6. The van der Waals surface area contributed by atoms with Gasteiger partial charge in [0.25, 0.3) is 11.8 Å². The first kappa shape index (κ1) is 19.3. The molecule has 8 heteroatoms. The highest BCUT2D eigenvalue weighted by atomic mass is 16.5. The lowest BCUT2D eigenvalue weighted by Crippen LogP contribution is -2.16. The summed E-state index contributed by atoms with van der Waals surface area (Å²) in [5, 5.41) is 2.82. The number of nitrogens with zero attached hydrogens (tertiary/aromatic N) is 4. The van der Waals surface area contributed by atoms with E-state index in [2.05, 4.69) is 15.3 Å². The van der Waals surface area contributed by atoms with E-state index in [9.17, 15) is 4.79 Å². The Bertz CT molecular complexity index is 1020. The minimum absolute atomic E-state index is 0.242. The summed E-state index contributed by atoms with van der Waals surface area (Å²) in [5.74, 6) is 1.03. The molecule has 4 heterocycles. The summed E-state index contributed by atoms with van der Waals surface area (Å²) in [5.41, 5.74) is 2.84. The number of anilines is 1. The smallest absolute Gasteiger partial charge is 0.275 e. The molecule has 1 N–H and O–H groups in total. The van der Waals surface area contributed by atoms with Crippen LogP contribution in [0.25, 0.3) is 5.65 Å². The summed E-state index contributed by atoms with van der Waals surface area (Å²) in [4.78, 5) is 26.2. The van der Waals surface area contributed by atoms with Crippen LogP contribution in [0.2, 0.25) is 0 Å². The van der Waals surface area contributed by atoms with Gasteiger partial charge >= 0.3 is 0 Å². The SMILES string of the molecule is COc1nc(NC(=O)c2cccc(C(C)C)n2)cn2cc(C3CCOCC3)nc12. The van der Waals surface area contributed by atoms with E-state index in [4.69, 9.17) is 14.5 Å². The van der Waals surface area contributed by atoms with E-state index in [1.165, 1.54) is 0 Å². The summed E-state index contributed by atoms with van der Waals surface area (Å²) in [6.07, 6.45) is 5.61. The summed E-state index contributed by atoms with van der Waals surface area (Å²) in [6.45, 7) is 5.58. The van der Waals surface area contributed by atoms with E-state index < -0.39 is 0 Å².